The van der Waals surface area contributed by atoms with E-state index in [4.69, 9.17) is 5.73 Å². The summed E-state index contributed by atoms with van der Waals surface area (Å²) in [5.41, 5.74) is 7.79. The Balaban J connectivity index is 3.05. The van der Waals surface area contributed by atoms with E-state index in [1.807, 2.05) is 12.1 Å². The molecule has 0 saturated carbocycles. The topological polar surface area (TPSA) is 46.2 Å². The summed E-state index contributed by atoms with van der Waals surface area (Å²) in [7, 11) is 0. The van der Waals surface area contributed by atoms with Gasteiger partial charge in [0.25, 0.3) is 0 Å². The van der Waals surface area contributed by atoms with Crippen LogP contribution < -0.4 is 5.73 Å². The lowest BCUT2D eigenvalue weighted by Gasteiger charge is -2.29. The third-order valence-electron chi connectivity index (χ3n) is 2.84. The van der Waals surface area contributed by atoms with Crippen LogP contribution in [-0.2, 0) is 5.41 Å². The molecule has 0 aliphatic rings. The molecule has 0 amide bonds. The molecule has 0 bridgehead atoms. The van der Waals surface area contributed by atoms with Gasteiger partial charge in [-0.25, -0.2) is 0 Å². The van der Waals surface area contributed by atoms with Crippen molar-refractivity contribution in [1.29, 1.82) is 0 Å². The molecule has 1 atom stereocenters. The van der Waals surface area contributed by atoms with E-state index in [2.05, 4.69) is 26.0 Å². The molecule has 0 spiro atoms. The number of benzene rings is 1. The van der Waals surface area contributed by atoms with Gasteiger partial charge in [0.2, 0.25) is 0 Å². The monoisotopic (exact) mass is 193 g/mol. The normalized spacial score (nSPS) is 15.1. The van der Waals surface area contributed by atoms with Crippen LogP contribution in [0.3, 0.4) is 0 Å². The molecule has 0 heterocycles. The molecule has 1 aromatic rings. The molecule has 3 N–H and O–H groups in total. The van der Waals surface area contributed by atoms with Crippen molar-refractivity contribution < 1.29 is 5.11 Å². The second kappa shape index (κ2) is 4.58. The fourth-order valence-corrected chi connectivity index (χ4v) is 1.87. The lowest BCUT2D eigenvalue weighted by molar-refractivity contribution is 0.198. The van der Waals surface area contributed by atoms with Gasteiger partial charge in [0.05, 0.1) is 6.61 Å². The number of rotatable bonds is 4. The number of aliphatic hydroxyl groups is 1. The van der Waals surface area contributed by atoms with E-state index in [9.17, 15) is 5.11 Å². The zero-order chi connectivity index (χ0) is 10.6. The molecule has 2 nitrogen and oxygen atoms in total. The van der Waals surface area contributed by atoms with Crippen molar-refractivity contribution in [2.24, 2.45) is 5.73 Å². The zero-order valence-electron chi connectivity index (χ0n) is 8.96. The van der Waals surface area contributed by atoms with E-state index < -0.39 is 0 Å². The van der Waals surface area contributed by atoms with Crippen LogP contribution in [0.5, 0.6) is 0 Å². The van der Waals surface area contributed by atoms with Crippen molar-refractivity contribution in [2.75, 3.05) is 13.2 Å². The largest absolute Gasteiger partial charge is 0.395 e. The van der Waals surface area contributed by atoms with Gasteiger partial charge >= 0.3 is 0 Å². The fourth-order valence-electron chi connectivity index (χ4n) is 1.87. The minimum absolute atomic E-state index is 0.148. The Morgan fingerprint density at radius 1 is 1.36 bits per heavy atom. The van der Waals surface area contributed by atoms with Crippen molar-refractivity contribution in [1.82, 2.24) is 0 Å². The van der Waals surface area contributed by atoms with Gasteiger partial charge in [0, 0.05) is 5.41 Å². The summed E-state index contributed by atoms with van der Waals surface area (Å²) in [5.74, 6) is 0. The Hall–Kier alpha value is -0.860. The van der Waals surface area contributed by atoms with E-state index in [0.717, 1.165) is 6.42 Å². The molecular weight excluding hydrogens is 174 g/mol. The predicted octanol–water partition coefficient (Wildman–Crippen LogP) is 1.59. The van der Waals surface area contributed by atoms with Gasteiger partial charge in [0.1, 0.15) is 0 Å². The molecule has 0 saturated heterocycles. The first-order chi connectivity index (χ1) is 6.64. The zero-order valence-corrected chi connectivity index (χ0v) is 8.96. The number of nitrogens with two attached hydrogens (primary N) is 1. The summed E-state index contributed by atoms with van der Waals surface area (Å²) in [6.07, 6.45) is 0.814. The van der Waals surface area contributed by atoms with Gasteiger partial charge in [-0.15, -0.1) is 0 Å². The summed E-state index contributed by atoms with van der Waals surface area (Å²) in [6, 6.07) is 8.16. The van der Waals surface area contributed by atoms with Crippen molar-refractivity contribution in [2.45, 2.75) is 25.7 Å². The first kappa shape index (κ1) is 11.2. The Morgan fingerprint density at radius 2 is 2.00 bits per heavy atom. The highest BCUT2D eigenvalue weighted by Gasteiger charge is 2.25. The smallest absolute Gasteiger partial charge is 0.0525 e. The van der Waals surface area contributed by atoms with Gasteiger partial charge in [-0.05, 0) is 31.0 Å². The molecule has 0 radical (unpaired) electrons. The second-order valence-electron chi connectivity index (χ2n) is 4.07. The molecule has 1 rings (SSSR count). The summed E-state index contributed by atoms with van der Waals surface area (Å²) >= 11 is 0. The number of hydrogen-bond acceptors (Lipinski definition) is 2. The van der Waals surface area contributed by atoms with Crippen LogP contribution >= 0.6 is 0 Å². The fraction of sp³-hybridized carbons (Fsp3) is 0.500. The van der Waals surface area contributed by atoms with Crippen LogP contribution in [0.15, 0.2) is 24.3 Å². The van der Waals surface area contributed by atoms with E-state index in [-0.39, 0.29) is 12.0 Å². The standard InChI is InChI=1S/C12H19NO/c1-10-5-3-4-6-11(10)12(2,9-14)7-8-13/h3-6,14H,7-9,13H2,1-2H3. The summed E-state index contributed by atoms with van der Waals surface area (Å²) in [5, 5.41) is 9.44. The van der Waals surface area contributed by atoms with Crippen LogP contribution in [-0.4, -0.2) is 18.3 Å². The van der Waals surface area contributed by atoms with E-state index >= 15 is 0 Å². The molecule has 0 aromatic heterocycles. The summed E-state index contributed by atoms with van der Waals surface area (Å²) < 4.78 is 0. The van der Waals surface area contributed by atoms with Gasteiger partial charge in [-0.1, -0.05) is 31.2 Å². The number of aryl methyl sites for hydroxylation is 1. The molecule has 14 heavy (non-hydrogen) atoms. The van der Waals surface area contributed by atoms with Gasteiger partial charge in [0.15, 0.2) is 0 Å². The molecule has 0 fully saturated rings. The first-order valence-corrected chi connectivity index (χ1v) is 5.01. The molecule has 78 valence electrons. The predicted molar refractivity (Wildman–Crippen MR) is 59.3 cm³/mol. The number of hydrogen-bond donors (Lipinski definition) is 2. The number of aliphatic hydroxyl groups excluding tert-OH is 1. The first-order valence-electron chi connectivity index (χ1n) is 5.01. The highest BCUT2D eigenvalue weighted by molar-refractivity contribution is 5.32. The molecule has 1 unspecified atom stereocenters. The molecule has 0 aliphatic heterocycles. The van der Waals surface area contributed by atoms with Crippen LogP contribution in [0.2, 0.25) is 0 Å². The summed E-state index contributed by atoms with van der Waals surface area (Å²) in [4.78, 5) is 0. The van der Waals surface area contributed by atoms with E-state index in [1.165, 1.54) is 11.1 Å². The average Bonchev–Trinajstić information content (AvgIpc) is 2.18. The third kappa shape index (κ3) is 2.14. The molecule has 2 heteroatoms. The molecule has 1 aromatic carbocycles. The molecule has 0 aliphatic carbocycles. The van der Waals surface area contributed by atoms with Crippen molar-refractivity contribution in [3.63, 3.8) is 0 Å². The summed E-state index contributed by atoms with van der Waals surface area (Å²) in [6.45, 7) is 4.88. The Morgan fingerprint density at radius 3 is 2.50 bits per heavy atom. The lowest BCUT2D eigenvalue weighted by atomic mass is 9.78. The Kier molecular flexibility index (Phi) is 3.67. The molecular formula is C12H19NO. The van der Waals surface area contributed by atoms with Gasteiger partial charge in [-0.3, -0.25) is 0 Å². The maximum absolute atomic E-state index is 9.44. The van der Waals surface area contributed by atoms with Crippen LogP contribution in [0.1, 0.15) is 24.5 Å². The Bertz CT molecular complexity index is 298. The van der Waals surface area contributed by atoms with Crippen LogP contribution in [0.4, 0.5) is 0 Å². The SMILES string of the molecule is Cc1ccccc1C(C)(CO)CCN. The highest BCUT2D eigenvalue weighted by Crippen LogP contribution is 2.28. The van der Waals surface area contributed by atoms with Crippen molar-refractivity contribution in [3.05, 3.63) is 35.4 Å². The minimum atomic E-state index is -0.194. The van der Waals surface area contributed by atoms with E-state index in [0.29, 0.717) is 6.54 Å². The van der Waals surface area contributed by atoms with Crippen LogP contribution in [0, 0.1) is 6.92 Å². The minimum Gasteiger partial charge on any atom is -0.395 e. The van der Waals surface area contributed by atoms with Crippen LogP contribution in [0.25, 0.3) is 0 Å². The second-order valence-corrected chi connectivity index (χ2v) is 4.07. The quantitative estimate of drug-likeness (QED) is 0.763. The maximum Gasteiger partial charge on any atom is 0.0525 e. The van der Waals surface area contributed by atoms with Crippen molar-refractivity contribution >= 4 is 0 Å². The maximum atomic E-state index is 9.44. The van der Waals surface area contributed by atoms with Gasteiger partial charge < -0.3 is 10.8 Å². The van der Waals surface area contributed by atoms with Gasteiger partial charge in [-0.2, -0.15) is 0 Å². The lowest BCUT2D eigenvalue weighted by Crippen LogP contribution is -2.30. The highest BCUT2D eigenvalue weighted by atomic mass is 16.3. The van der Waals surface area contributed by atoms with E-state index in [1.54, 1.807) is 0 Å². The average molecular weight is 193 g/mol. The third-order valence-corrected chi connectivity index (χ3v) is 2.84. The Labute approximate surface area is 85.8 Å². The van der Waals surface area contributed by atoms with Crippen molar-refractivity contribution in [3.8, 4) is 0 Å².